The van der Waals surface area contributed by atoms with E-state index < -0.39 is 0 Å². The maximum absolute atomic E-state index is 13.6. The highest BCUT2D eigenvalue weighted by Crippen LogP contribution is 2.36. The van der Waals surface area contributed by atoms with Crippen molar-refractivity contribution >= 4 is 22.8 Å². The Morgan fingerprint density at radius 1 is 1.09 bits per heavy atom. The number of benzene rings is 3. The number of carbonyl (C=O) groups excluding carboxylic acids is 1. The van der Waals surface area contributed by atoms with Gasteiger partial charge in [0.05, 0.1) is 19.9 Å². The van der Waals surface area contributed by atoms with Crippen molar-refractivity contribution in [2.24, 2.45) is 0 Å². The fourth-order valence-corrected chi connectivity index (χ4v) is 4.29. The summed E-state index contributed by atoms with van der Waals surface area (Å²) in [6, 6.07) is 16.7. The molecule has 0 radical (unpaired) electrons. The van der Waals surface area contributed by atoms with E-state index in [0.717, 1.165) is 24.0 Å². The lowest BCUT2D eigenvalue weighted by atomic mass is 10.1. The summed E-state index contributed by atoms with van der Waals surface area (Å²) in [5.41, 5.74) is 3.46. The zero-order chi connectivity index (χ0) is 23.7. The monoisotopic (exact) mass is 461 g/mol. The number of likely N-dealkylation sites (tertiary alicyclic amines) is 1. The molecule has 1 N–H and O–H groups in total. The molecular formula is C26H24FN3O4. The van der Waals surface area contributed by atoms with E-state index in [1.807, 2.05) is 24.3 Å². The fourth-order valence-electron chi connectivity index (χ4n) is 4.29. The summed E-state index contributed by atoms with van der Waals surface area (Å²) in [4.78, 5) is 19.5. The van der Waals surface area contributed by atoms with Crippen LogP contribution in [0.1, 0.15) is 24.8 Å². The Bertz CT molecular complexity index is 1350. The third-order valence-electron chi connectivity index (χ3n) is 6.01. The average molecular weight is 461 g/mol. The molecule has 7 nitrogen and oxygen atoms in total. The number of fused-ring (bicyclic) bond motifs is 1. The van der Waals surface area contributed by atoms with Crippen LogP contribution in [-0.2, 0) is 0 Å². The zero-order valence-electron chi connectivity index (χ0n) is 18.9. The molecule has 0 bridgehead atoms. The topological polar surface area (TPSA) is 76.8 Å². The van der Waals surface area contributed by atoms with E-state index in [-0.39, 0.29) is 17.9 Å². The largest absolute Gasteiger partial charge is 0.497 e. The van der Waals surface area contributed by atoms with Crippen LogP contribution >= 0.6 is 0 Å². The first-order valence-corrected chi connectivity index (χ1v) is 11.0. The summed E-state index contributed by atoms with van der Waals surface area (Å²) in [5, 5.41) is 2.93. The molecule has 0 spiro atoms. The van der Waals surface area contributed by atoms with Gasteiger partial charge in [-0.1, -0.05) is 18.2 Å². The number of methoxy groups -OCH3 is 2. The normalized spacial score (nSPS) is 15.5. The van der Waals surface area contributed by atoms with Crippen molar-refractivity contribution in [3.8, 4) is 22.6 Å². The molecule has 2 heterocycles. The van der Waals surface area contributed by atoms with Gasteiger partial charge in [-0.25, -0.2) is 14.2 Å². The quantitative estimate of drug-likeness (QED) is 0.393. The van der Waals surface area contributed by atoms with Gasteiger partial charge < -0.3 is 24.1 Å². The molecular weight excluding hydrogens is 437 g/mol. The molecule has 1 aliphatic heterocycles. The highest BCUT2D eigenvalue weighted by atomic mass is 19.1. The Kier molecular flexibility index (Phi) is 5.79. The smallest absolute Gasteiger partial charge is 0.322 e. The molecule has 1 aromatic heterocycles. The van der Waals surface area contributed by atoms with E-state index in [1.165, 1.54) is 12.1 Å². The minimum atomic E-state index is -0.292. The molecule has 0 aliphatic carbocycles. The van der Waals surface area contributed by atoms with Gasteiger partial charge in [0, 0.05) is 12.6 Å². The summed E-state index contributed by atoms with van der Waals surface area (Å²) in [6.45, 7) is 0.586. The van der Waals surface area contributed by atoms with Crippen LogP contribution < -0.4 is 14.8 Å². The summed E-state index contributed by atoms with van der Waals surface area (Å²) in [5.74, 6) is 1.34. The number of carbonyl (C=O) groups is 1. The zero-order valence-corrected chi connectivity index (χ0v) is 18.9. The molecule has 8 heteroatoms. The van der Waals surface area contributed by atoms with E-state index in [0.29, 0.717) is 40.7 Å². The third kappa shape index (κ3) is 4.14. The van der Waals surface area contributed by atoms with Crippen LogP contribution in [0.25, 0.3) is 22.2 Å². The number of rotatable bonds is 5. The van der Waals surface area contributed by atoms with E-state index >= 15 is 0 Å². The van der Waals surface area contributed by atoms with Gasteiger partial charge >= 0.3 is 6.03 Å². The maximum atomic E-state index is 13.6. The molecule has 4 aromatic rings. The standard InChI is InChI=1S/C26H24FN3O4/c1-32-19-9-10-20(24(15-19)33-2)29-26(31)30-12-4-7-22(30)25-28-21-14-17(8-11-23(21)34-25)16-5-3-6-18(27)13-16/h3,5-6,8-11,13-15,22H,4,7,12H2,1-2H3,(H,29,31)/t22-/m0/s1. The Hall–Kier alpha value is -4.07. The highest BCUT2D eigenvalue weighted by molar-refractivity contribution is 5.91. The van der Waals surface area contributed by atoms with Crippen molar-refractivity contribution in [2.75, 3.05) is 26.1 Å². The molecule has 0 unspecified atom stereocenters. The number of urea groups is 1. The van der Waals surface area contributed by atoms with E-state index in [9.17, 15) is 9.18 Å². The Morgan fingerprint density at radius 2 is 1.94 bits per heavy atom. The van der Waals surface area contributed by atoms with E-state index in [1.54, 1.807) is 43.4 Å². The van der Waals surface area contributed by atoms with Crippen molar-refractivity contribution < 1.29 is 23.1 Å². The second-order valence-corrected chi connectivity index (χ2v) is 8.09. The number of oxazole rings is 1. The number of ether oxygens (including phenoxy) is 2. The molecule has 2 amide bonds. The summed E-state index contributed by atoms with van der Waals surface area (Å²) in [7, 11) is 3.11. The molecule has 1 saturated heterocycles. The van der Waals surface area contributed by atoms with Gasteiger partial charge in [-0.05, 0) is 60.4 Å². The highest BCUT2D eigenvalue weighted by Gasteiger charge is 2.34. The molecule has 5 rings (SSSR count). The minimum absolute atomic E-state index is 0.256. The second-order valence-electron chi connectivity index (χ2n) is 8.09. The first-order valence-electron chi connectivity index (χ1n) is 11.0. The van der Waals surface area contributed by atoms with Crippen molar-refractivity contribution in [3.05, 3.63) is 72.4 Å². The van der Waals surface area contributed by atoms with Crippen molar-refractivity contribution in [3.63, 3.8) is 0 Å². The molecule has 34 heavy (non-hydrogen) atoms. The summed E-state index contributed by atoms with van der Waals surface area (Å²) >= 11 is 0. The first kappa shape index (κ1) is 21.8. The van der Waals surface area contributed by atoms with Crippen molar-refractivity contribution in [1.82, 2.24) is 9.88 Å². The van der Waals surface area contributed by atoms with Gasteiger partial charge in [0.2, 0.25) is 5.89 Å². The van der Waals surface area contributed by atoms with Gasteiger partial charge in [-0.2, -0.15) is 0 Å². The Labute approximate surface area is 196 Å². The second kappa shape index (κ2) is 9.05. The first-order chi connectivity index (χ1) is 16.6. The number of nitrogens with zero attached hydrogens (tertiary/aromatic N) is 2. The maximum Gasteiger partial charge on any atom is 0.322 e. The number of nitrogens with one attached hydrogen (secondary N) is 1. The minimum Gasteiger partial charge on any atom is -0.497 e. The lowest BCUT2D eigenvalue weighted by molar-refractivity contribution is 0.198. The van der Waals surface area contributed by atoms with Gasteiger partial charge in [0.25, 0.3) is 0 Å². The van der Waals surface area contributed by atoms with E-state index in [2.05, 4.69) is 10.3 Å². The van der Waals surface area contributed by atoms with Crippen molar-refractivity contribution in [2.45, 2.75) is 18.9 Å². The number of anilines is 1. The van der Waals surface area contributed by atoms with Crippen LogP contribution in [0.4, 0.5) is 14.9 Å². The predicted octanol–water partition coefficient (Wildman–Crippen LogP) is 6.02. The molecule has 1 atom stereocenters. The number of hydrogen-bond acceptors (Lipinski definition) is 5. The van der Waals surface area contributed by atoms with Crippen molar-refractivity contribution in [1.29, 1.82) is 0 Å². The molecule has 174 valence electrons. The van der Waals surface area contributed by atoms with Crippen LogP contribution in [0.3, 0.4) is 0 Å². The SMILES string of the molecule is COc1ccc(NC(=O)N2CCC[C@H]2c2nc3cc(-c4cccc(F)c4)ccc3o2)c(OC)c1. The Morgan fingerprint density at radius 3 is 2.74 bits per heavy atom. The lowest BCUT2D eigenvalue weighted by Crippen LogP contribution is -2.34. The van der Waals surface area contributed by atoms with Gasteiger partial charge in [-0.3, -0.25) is 0 Å². The lowest BCUT2D eigenvalue weighted by Gasteiger charge is -2.23. The average Bonchev–Trinajstić information content (AvgIpc) is 3.51. The predicted molar refractivity (Wildman–Crippen MR) is 127 cm³/mol. The van der Waals surface area contributed by atoms with Crippen LogP contribution in [0.5, 0.6) is 11.5 Å². The molecule has 1 aliphatic rings. The number of halogens is 1. The molecule has 3 aromatic carbocycles. The van der Waals surface area contributed by atoms with E-state index in [4.69, 9.17) is 13.9 Å². The molecule has 1 fully saturated rings. The molecule has 0 saturated carbocycles. The number of hydrogen-bond donors (Lipinski definition) is 1. The van der Waals surface area contributed by atoms with Crippen LogP contribution in [0.15, 0.2) is 65.1 Å². The summed E-state index contributed by atoms with van der Waals surface area (Å²) in [6.07, 6.45) is 1.59. The van der Waals surface area contributed by atoms with Crippen LogP contribution in [0, 0.1) is 5.82 Å². The number of aromatic nitrogens is 1. The van der Waals surface area contributed by atoms with Gasteiger partial charge in [-0.15, -0.1) is 0 Å². The Balaban J connectivity index is 1.39. The summed E-state index contributed by atoms with van der Waals surface area (Å²) < 4.78 is 30.3. The van der Waals surface area contributed by atoms with Crippen LogP contribution in [-0.4, -0.2) is 36.7 Å². The van der Waals surface area contributed by atoms with Gasteiger partial charge in [0.1, 0.15) is 28.9 Å². The number of amides is 2. The van der Waals surface area contributed by atoms with Crippen LogP contribution in [0.2, 0.25) is 0 Å². The third-order valence-corrected chi connectivity index (χ3v) is 6.01. The van der Waals surface area contributed by atoms with Gasteiger partial charge in [0.15, 0.2) is 5.58 Å². The fraction of sp³-hybridized carbons (Fsp3) is 0.231.